The molecular weight excluding hydrogens is 398 g/mol. The van der Waals surface area contributed by atoms with Crippen molar-refractivity contribution in [1.82, 2.24) is 25.3 Å². The van der Waals surface area contributed by atoms with Crippen LogP contribution in [0.2, 0.25) is 0 Å². The number of carbonyl (C=O) groups is 1. The Labute approximate surface area is 178 Å². The summed E-state index contributed by atoms with van der Waals surface area (Å²) < 4.78 is 6.93. The number of hydrogen-bond acceptors (Lipinski definition) is 6. The van der Waals surface area contributed by atoms with Crippen LogP contribution in [0.4, 0.5) is 0 Å². The smallest absolute Gasteiger partial charge is 0.263 e. The van der Waals surface area contributed by atoms with E-state index in [9.17, 15) is 4.79 Å². The first kappa shape index (κ1) is 19.8. The van der Waals surface area contributed by atoms with E-state index >= 15 is 0 Å². The molecule has 0 saturated carbocycles. The Morgan fingerprint density at radius 1 is 1.10 bits per heavy atom. The van der Waals surface area contributed by atoms with Crippen molar-refractivity contribution in [3.8, 4) is 22.1 Å². The van der Waals surface area contributed by atoms with Crippen LogP contribution in [0.25, 0.3) is 16.4 Å². The van der Waals surface area contributed by atoms with E-state index in [4.69, 9.17) is 4.74 Å². The highest BCUT2D eigenvalue weighted by Gasteiger charge is 2.20. The Bertz CT molecular complexity index is 1170. The summed E-state index contributed by atoms with van der Waals surface area (Å²) in [5.41, 5.74) is 4.16. The number of thiazole rings is 1. The van der Waals surface area contributed by atoms with E-state index in [0.29, 0.717) is 27.8 Å². The van der Waals surface area contributed by atoms with Gasteiger partial charge in [-0.3, -0.25) is 4.79 Å². The van der Waals surface area contributed by atoms with Gasteiger partial charge in [0.15, 0.2) is 0 Å². The van der Waals surface area contributed by atoms with Gasteiger partial charge in [-0.2, -0.15) is 0 Å². The first-order valence-corrected chi connectivity index (χ1v) is 10.2. The summed E-state index contributed by atoms with van der Waals surface area (Å²) in [4.78, 5) is 17.9. The topological polar surface area (TPSA) is 81.9 Å². The minimum Gasteiger partial charge on any atom is -0.497 e. The molecule has 0 aliphatic rings. The van der Waals surface area contributed by atoms with Gasteiger partial charge in [0.25, 0.3) is 5.91 Å². The fourth-order valence-corrected chi connectivity index (χ4v) is 4.07. The zero-order valence-electron chi connectivity index (χ0n) is 16.9. The van der Waals surface area contributed by atoms with E-state index in [1.54, 1.807) is 11.8 Å². The van der Waals surface area contributed by atoms with Crippen LogP contribution in [0.15, 0.2) is 54.6 Å². The third-order valence-corrected chi connectivity index (χ3v) is 5.88. The molecule has 0 aliphatic carbocycles. The van der Waals surface area contributed by atoms with Crippen LogP contribution in [-0.2, 0) is 6.54 Å². The summed E-state index contributed by atoms with van der Waals surface area (Å²) in [5.74, 6) is 0.632. The van der Waals surface area contributed by atoms with E-state index in [2.05, 4.69) is 20.6 Å². The number of amides is 1. The second-order valence-corrected chi connectivity index (χ2v) is 7.73. The van der Waals surface area contributed by atoms with Crippen LogP contribution < -0.4 is 10.1 Å². The van der Waals surface area contributed by atoms with Crippen molar-refractivity contribution in [2.75, 3.05) is 7.11 Å². The van der Waals surface area contributed by atoms with Gasteiger partial charge in [-0.15, -0.1) is 16.4 Å². The van der Waals surface area contributed by atoms with Gasteiger partial charge in [0, 0.05) is 6.54 Å². The first-order valence-electron chi connectivity index (χ1n) is 9.43. The molecular formula is C22H21N5O2S. The maximum Gasteiger partial charge on any atom is 0.263 e. The Hall–Kier alpha value is -3.52. The van der Waals surface area contributed by atoms with Crippen LogP contribution >= 0.6 is 11.3 Å². The largest absolute Gasteiger partial charge is 0.497 e. The Kier molecular flexibility index (Phi) is 5.58. The molecule has 7 nitrogen and oxygen atoms in total. The Morgan fingerprint density at radius 3 is 2.53 bits per heavy atom. The van der Waals surface area contributed by atoms with Gasteiger partial charge in [0.1, 0.15) is 21.3 Å². The zero-order chi connectivity index (χ0) is 21.1. The zero-order valence-corrected chi connectivity index (χ0v) is 17.7. The molecule has 8 heteroatoms. The van der Waals surface area contributed by atoms with Crippen LogP contribution in [0.1, 0.15) is 26.6 Å². The Balaban J connectivity index is 1.52. The number of nitrogens with one attached hydrogen (secondary N) is 1. The van der Waals surface area contributed by atoms with Crippen molar-refractivity contribution in [1.29, 1.82) is 0 Å². The molecule has 30 heavy (non-hydrogen) atoms. The lowest BCUT2D eigenvalue weighted by Crippen LogP contribution is -2.22. The number of para-hydroxylation sites is 1. The molecule has 1 amide bonds. The molecule has 4 rings (SSSR count). The van der Waals surface area contributed by atoms with Gasteiger partial charge in [0.05, 0.1) is 24.2 Å². The minimum absolute atomic E-state index is 0.153. The average molecular weight is 420 g/mol. The molecule has 0 radical (unpaired) electrons. The van der Waals surface area contributed by atoms with E-state index in [-0.39, 0.29) is 5.91 Å². The number of rotatable bonds is 6. The molecule has 2 aromatic heterocycles. The quantitative estimate of drug-likeness (QED) is 0.512. The predicted molar refractivity (Wildman–Crippen MR) is 116 cm³/mol. The SMILES string of the molecule is COc1ccc(CNC(=O)c2sc(-c3nnn(-c4ccccc4)c3C)nc2C)cc1. The average Bonchev–Trinajstić information content (AvgIpc) is 3.35. The number of methoxy groups -OCH3 is 1. The molecule has 1 N–H and O–H groups in total. The molecule has 0 spiro atoms. The summed E-state index contributed by atoms with van der Waals surface area (Å²) in [6, 6.07) is 17.4. The standard InChI is InChI=1S/C22H21N5O2S/c1-14-20(21(28)23-13-16-9-11-18(29-3)12-10-16)30-22(24-14)19-15(2)27(26-25-19)17-7-5-4-6-8-17/h4-12H,13H2,1-3H3,(H,23,28). The van der Waals surface area contributed by atoms with Crippen molar-refractivity contribution in [2.24, 2.45) is 0 Å². The van der Waals surface area contributed by atoms with Crippen molar-refractivity contribution in [3.63, 3.8) is 0 Å². The Morgan fingerprint density at radius 2 is 1.83 bits per heavy atom. The van der Waals surface area contributed by atoms with Crippen LogP contribution in [-0.4, -0.2) is 33.0 Å². The van der Waals surface area contributed by atoms with Crippen molar-refractivity contribution in [2.45, 2.75) is 20.4 Å². The molecule has 0 aliphatic heterocycles. The molecule has 2 aromatic carbocycles. The second-order valence-electron chi connectivity index (χ2n) is 6.74. The monoisotopic (exact) mass is 419 g/mol. The van der Waals surface area contributed by atoms with Gasteiger partial charge in [-0.05, 0) is 43.7 Å². The van der Waals surface area contributed by atoms with E-state index in [1.807, 2.05) is 68.4 Å². The minimum atomic E-state index is -0.153. The predicted octanol–water partition coefficient (Wildman–Crippen LogP) is 3.95. The van der Waals surface area contributed by atoms with Crippen LogP contribution in [0.5, 0.6) is 5.75 Å². The van der Waals surface area contributed by atoms with Gasteiger partial charge in [-0.1, -0.05) is 35.5 Å². The highest BCUT2D eigenvalue weighted by molar-refractivity contribution is 7.17. The molecule has 0 bridgehead atoms. The molecule has 0 unspecified atom stereocenters. The number of hydrogen-bond donors (Lipinski definition) is 1. The third kappa shape index (κ3) is 3.95. The number of aromatic nitrogens is 4. The fraction of sp³-hybridized carbons (Fsp3) is 0.182. The molecule has 4 aromatic rings. The van der Waals surface area contributed by atoms with Gasteiger partial charge >= 0.3 is 0 Å². The summed E-state index contributed by atoms with van der Waals surface area (Å²) in [6.45, 7) is 4.21. The summed E-state index contributed by atoms with van der Waals surface area (Å²) in [6.07, 6.45) is 0. The molecule has 0 saturated heterocycles. The summed E-state index contributed by atoms with van der Waals surface area (Å²) >= 11 is 1.33. The number of nitrogens with zero attached hydrogens (tertiary/aromatic N) is 4. The lowest BCUT2D eigenvalue weighted by atomic mass is 10.2. The molecule has 0 atom stereocenters. The van der Waals surface area contributed by atoms with E-state index in [0.717, 1.165) is 22.7 Å². The molecule has 152 valence electrons. The number of aryl methyl sites for hydroxylation is 1. The van der Waals surface area contributed by atoms with Gasteiger partial charge < -0.3 is 10.1 Å². The molecule has 0 fully saturated rings. The van der Waals surface area contributed by atoms with Crippen molar-refractivity contribution in [3.05, 3.63) is 76.4 Å². The van der Waals surface area contributed by atoms with Crippen molar-refractivity contribution < 1.29 is 9.53 Å². The fourth-order valence-electron chi connectivity index (χ4n) is 3.06. The highest BCUT2D eigenvalue weighted by atomic mass is 32.1. The van der Waals surface area contributed by atoms with Crippen LogP contribution in [0, 0.1) is 13.8 Å². The number of ether oxygens (including phenoxy) is 1. The second kappa shape index (κ2) is 8.46. The van der Waals surface area contributed by atoms with E-state index in [1.165, 1.54) is 11.3 Å². The van der Waals surface area contributed by atoms with E-state index < -0.39 is 0 Å². The summed E-state index contributed by atoms with van der Waals surface area (Å²) in [7, 11) is 1.63. The first-order chi connectivity index (χ1) is 14.6. The van der Waals surface area contributed by atoms with Gasteiger partial charge in [0.2, 0.25) is 0 Å². The molecule has 2 heterocycles. The highest BCUT2D eigenvalue weighted by Crippen LogP contribution is 2.29. The number of benzene rings is 2. The lowest BCUT2D eigenvalue weighted by Gasteiger charge is -2.05. The maximum absolute atomic E-state index is 12.7. The lowest BCUT2D eigenvalue weighted by molar-refractivity contribution is 0.0954. The third-order valence-electron chi connectivity index (χ3n) is 4.71. The number of carbonyl (C=O) groups excluding carboxylic acids is 1. The maximum atomic E-state index is 12.7. The van der Waals surface area contributed by atoms with Gasteiger partial charge in [-0.25, -0.2) is 9.67 Å². The normalized spacial score (nSPS) is 10.8. The summed E-state index contributed by atoms with van der Waals surface area (Å²) in [5, 5.41) is 12.2. The van der Waals surface area contributed by atoms with Crippen molar-refractivity contribution >= 4 is 17.2 Å². The van der Waals surface area contributed by atoms with Crippen LogP contribution in [0.3, 0.4) is 0 Å².